The van der Waals surface area contributed by atoms with Gasteiger partial charge in [-0.15, -0.1) is 0 Å². The number of alkyl halides is 3. The van der Waals surface area contributed by atoms with Crippen LogP contribution in [-0.4, -0.2) is 18.7 Å². The minimum Gasteiger partial charge on any atom is -0.273 e. The Hall–Kier alpha value is -0.780. The van der Waals surface area contributed by atoms with Gasteiger partial charge in [-0.25, -0.2) is 5.48 Å². The Kier molecular flexibility index (Phi) is 5.45. The van der Waals surface area contributed by atoms with Crippen molar-refractivity contribution in [1.29, 1.82) is 0 Å². The molecule has 0 aliphatic heterocycles. The SMILES string of the molecule is CCCCC(=O)NOCC(F)(F)F. The molecule has 0 spiro atoms. The average molecular weight is 199 g/mol. The van der Waals surface area contributed by atoms with E-state index in [-0.39, 0.29) is 6.42 Å². The summed E-state index contributed by atoms with van der Waals surface area (Å²) in [7, 11) is 0. The quantitative estimate of drug-likeness (QED) is 0.685. The summed E-state index contributed by atoms with van der Waals surface area (Å²) in [6.07, 6.45) is -2.76. The van der Waals surface area contributed by atoms with E-state index < -0.39 is 18.7 Å². The second-order valence-corrected chi connectivity index (χ2v) is 2.53. The first-order chi connectivity index (χ1) is 5.95. The molecule has 6 heteroatoms. The maximum Gasteiger partial charge on any atom is 0.414 e. The molecule has 0 atom stereocenters. The van der Waals surface area contributed by atoms with Gasteiger partial charge < -0.3 is 0 Å². The third kappa shape index (κ3) is 9.13. The number of amides is 1. The highest BCUT2D eigenvalue weighted by atomic mass is 19.4. The highest BCUT2D eigenvalue weighted by molar-refractivity contribution is 5.74. The van der Waals surface area contributed by atoms with Crippen LogP contribution in [0.15, 0.2) is 0 Å². The van der Waals surface area contributed by atoms with Crippen molar-refractivity contribution in [3.8, 4) is 0 Å². The fourth-order valence-corrected chi connectivity index (χ4v) is 0.587. The van der Waals surface area contributed by atoms with E-state index in [1.54, 1.807) is 5.48 Å². The molecule has 13 heavy (non-hydrogen) atoms. The summed E-state index contributed by atoms with van der Waals surface area (Å²) in [4.78, 5) is 14.6. The van der Waals surface area contributed by atoms with Crippen LogP contribution in [0.4, 0.5) is 13.2 Å². The third-order valence-electron chi connectivity index (χ3n) is 1.18. The van der Waals surface area contributed by atoms with E-state index >= 15 is 0 Å². The van der Waals surface area contributed by atoms with Crippen molar-refractivity contribution in [2.24, 2.45) is 0 Å². The summed E-state index contributed by atoms with van der Waals surface area (Å²) in [5.41, 5.74) is 1.72. The predicted octanol–water partition coefficient (Wildman–Crippen LogP) is 1.79. The first kappa shape index (κ1) is 12.2. The number of rotatable bonds is 5. The lowest BCUT2D eigenvalue weighted by molar-refractivity contribution is -0.191. The Labute approximate surface area is 74.2 Å². The zero-order valence-corrected chi connectivity index (χ0v) is 7.28. The third-order valence-corrected chi connectivity index (χ3v) is 1.18. The summed E-state index contributed by atoms with van der Waals surface area (Å²) >= 11 is 0. The van der Waals surface area contributed by atoms with E-state index in [2.05, 4.69) is 4.84 Å². The van der Waals surface area contributed by atoms with Crippen LogP contribution in [0.3, 0.4) is 0 Å². The van der Waals surface area contributed by atoms with E-state index in [4.69, 9.17) is 0 Å². The van der Waals surface area contributed by atoms with E-state index in [9.17, 15) is 18.0 Å². The molecule has 3 nitrogen and oxygen atoms in total. The van der Waals surface area contributed by atoms with Crippen molar-refractivity contribution < 1.29 is 22.8 Å². The standard InChI is InChI=1S/C7H12F3NO2/c1-2-3-4-6(12)11-13-5-7(8,9)10/h2-5H2,1H3,(H,11,12). The second-order valence-electron chi connectivity index (χ2n) is 2.53. The lowest BCUT2D eigenvalue weighted by Crippen LogP contribution is -2.29. The Morgan fingerprint density at radius 3 is 2.54 bits per heavy atom. The van der Waals surface area contributed by atoms with Crippen molar-refractivity contribution in [2.75, 3.05) is 6.61 Å². The molecule has 0 fully saturated rings. The number of hydrogen-bond acceptors (Lipinski definition) is 2. The van der Waals surface area contributed by atoms with Gasteiger partial charge in [0.1, 0.15) is 0 Å². The molecule has 0 unspecified atom stereocenters. The van der Waals surface area contributed by atoms with Crippen molar-refractivity contribution in [3.63, 3.8) is 0 Å². The van der Waals surface area contributed by atoms with Crippen LogP contribution in [0, 0.1) is 0 Å². The van der Waals surface area contributed by atoms with Crippen molar-refractivity contribution >= 4 is 5.91 Å². The molecule has 0 aromatic heterocycles. The highest BCUT2D eigenvalue weighted by Crippen LogP contribution is 2.13. The molecule has 0 aliphatic carbocycles. The van der Waals surface area contributed by atoms with Crippen LogP contribution in [0.2, 0.25) is 0 Å². The zero-order valence-electron chi connectivity index (χ0n) is 7.28. The molecule has 0 rings (SSSR count). The topological polar surface area (TPSA) is 38.3 Å². The molecule has 0 radical (unpaired) electrons. The summed E-state index contributed by atoms with van der Waals surface area (Å²) < 4.78 is 34.4. The fraction of sp³-hybridized carbons (Fsp3) is 0.857. The Morgan fingerprint density at radius 2 is 2.08 bits per heavy atom. The molecular weight excluding hydrogens is 187 g/mol. The first-order valence-corrected chi connectivity index (χ1v) is 3.93. The highest BCUT2D eigenvalue weighted by Gasteiger charge is 2.28. The number of halogens is 3. The average Bonchev–Trinajstić information content (AvgIpc) is 1.98. The largest absolute Gasteiger partial charge is 0.414 e. The van der Waals surface area contributed by atoms with Gasteiger partial charge in [-0.2, -0.15) is 13.2 Å². The van der Waals surface area contributed by atoms with Gasteiger partial charge in [0.25, 0.3) is 0 Å². The Morgan fingerprint density at radius 1 is 1.46 bits per heavy atom. The van der Waals surface area contributed by atoms with Crippen LogP contribution in [-0.2, 0) is 9.63 Å². The monoisotopic (exact) mass is 199 g/mol. The maximum atomic E-state index is 11.5. The summed E-state index contributed by atoms with van der Waals surface area (Å²) in [6, 6.07) is 0. The van der Waals surface area contributed by atoms with Crippen LogP contribution in [0.1, 0.15) is 26.2 Å². The van der Waals surface area contributed by atoms with E-state index in [0.29, 0.717) is 6.42 Å². The molecule has 1 amide bonds. The number of hydroxylamine groups is 1. The normalized spacial score (nSPS) is 11.4. The molecule has 0 aromatic rings. The summed E-state index contributed by atoms with van der Waals surface area (Å²) in [5, 5.41) is 0. The Bertz CT molecular complexity index is 158. The smallest absolute Gasteiger partial charge is 0.273 e. The predicted molar refractivity (Wildman–Crippen MR) is 39.7 cm³/mol. The van der Waals surface area contributed by atoms with E-state index in [1.807, 2.05) is 6.92 Å². The zero-order chi connectivity index (χ0) is 10.3. The van der Waals surface area contributed by atoms with Gasteiger partial charge in [-0.05, 0) is 6.42 Å². The molecule has 0 aromatic carbocycles. The van der Waals surface area contributed by atoms with Gasteiger partial charge in [0, 0.05) is 6.42 Å². The van der Waals surface area contributed by atoms with Crippen molar-refractivity contribution in [3.05, 3.63) is 0 Å². The maximum absolute atomic E-state index is 11.5. The molecule has 0 saturated carbocycles. The van der Waals surface area contributed by atoms with Gasteiger partial charge in [0.2, 0.25) is 5.91 Å². The van der Waals surface area contributed by atoms with E-state index in [1.165, 1.54) is 0 Å². The van der Waals surface area contributed by atoms with Crippen LogP contribution in [0.5, 0.6) is 0 Å². The fourth-order valence-electron chi connectivity index (χ4n) is 0.587. The number of nitrogens with one attached hydrogen (secondary N) is 1. The second kappa shape index (κ2) is 5.80. The minimum atomic E-state index is -4.40. The van der Waals surface area contributed by atoms with Crippen LogP contribution >= 0.6 is 0 Å². The van der Waals surface area contributed by atoms with Gasteiger partial charge in [0.15, 0.2) is 6.61 Å². The molecule has 1 N–H and O–H groups in total. The number of unbranched alkanes of at least 4 members (excludes halogenated alkanes) is 1. The Balaban J connectivity index is 3.37. The van der Waals surface area contributed by atoms with Gasteiger partial charge in [0.05, 0.1) is 0 Å². The van der Waals surface area contributed by atoms with Crippen molar-refractivity contribution in [1.82, 2.24) is 5.48 Å². The van der Waals surface area contributed by atoms with Crippen LogP contribution in [0.25, 0.3) is 0 Å². The number of hydrogen-bond donors (Lipinski definition) is 1. The molecule has 0 saturated heterocycles. The molecule has 0 heterocycles. The lowest BCUT2D eigenvalue weighted by Gasteiger charge is -2.07. The minimum absolute atomic E-state index is 0.189. The van der Waals surface area contributed by atoms with E-state index in [0.717, 1.165) is 6.42 Å². The molecule has 0 bridgehead atoms. The summed E-state index contributed by atoms with van der Waals surface area (Å²) in [5.74, 6) is -0.522. The van der Waals surface area contributed by atoms with Crippen LogP contribution < -0.4 is 5.48 Å². The number of carbonyl (C=O) groups excluding carboxylic acids is 1. The molecule has 0 aliphatic rings. The van der Waals surface area contributed by atoms with Crippen molar-refractivity contribution in [2.45, 2.75) is 32.4 Å². The summed E-state index contributed by atoms with van der Waals surface area (Å²) in [6.45, 7) is 0.425. The first-order valence-electron chi connectivity index (χ1n) is 3.93. The molecular formula is C7H12F3NO2. The van der Waals surface area contributed by atoms with Gasteiger partial charge >= 0.3 is 6.18 Å². The van der Waals surface area contributed by atoms with Gasteiger partial charge in [-0.3, -0.25) is 9.63 Å². The number of carbonyl (C=O) groups is 1. The molecule has 78 valence electrons. The van der Waals surface area contributed by atoms with Gasteiger partial charge in [-0.1, -0.05) is 13.3 Å². The lowest BCUT2D eigenvalue weighted by atomic mass is 10.2.